The van der Waals surface area contributed by atoms with Crippen LogP contribution in [0.5, 0.6) is 0 Å². The molecule has 2 aromatic carbocycles. The maximum atomic E-state index is 11.7. The Balaban J connectivity index is 0.00000182. The molecule has 0 saturated carbocycles. The molecule has 1 atom stereocenters. The number of pyridine rings is 2. The summed E-state index contributed by atoms with van der Waals surface area (Å²) >= 11 is 0. The summed E-state index contributed by atoms with van der Waals surface area (Å²) in [5.74, 6) is -2.06. The van der Waals surface area contributed by atoms with Crippen LogP contribution in [0.2, 0.25) is 0 Å². The van der Waals surface area contributed by atoms with Gasteiger partial charge < -0.3 is 10.2 Å². The van der Waals surface area contributed by atoms with Crippen molar-refractivity contribution in [2.24, 2.45) is 0 Å². The molecule has 4 aromatic rings. The highest BCUT2D eigenvalue weighted by Gasteiger charge is 2.24. The quantitative estimate of drug-likeness (QED) is 0.434. The van der Waals surface area contributed by atoms with Gasteiger partial charge in [-0.25, -0.2) is 4.98 Å². The van der Waals surface area contributed by atoms with Crippen LogP contribution in [0.25, 0.3) is 32.7 Å². The first-order valence-corrected chi connectivity index (χ1v) is 7.60. The van der Waals surface area contributed by atoms with Crippen LogP contribution in [0.4, 0.5) is 0 Å². The minimum atomic E-state index is -1.05. The largest absolute Gasteiger partial charge is 0.481 e. The maximum absolute atomic E-state index is 11.7. The molecule has 0 aliphatic rings. The smallest absolute Gasteiger partial charge is 0.313 e. The molecule has 2 aromatic heterocycles. The number of aromatic nitrogens is 2. The van der Waals surface area contributed by atoms with Gasteiger partial charge in [-0.2, -0.15) is 0 Å². The number of hydrogen-bond donors (Lipinski definition) is 2. The van der Waals surface area contributed by atoms with Crippen molar-refractivity contribution in [3.63, 3.8) is 0 Å². The summed E-state index contributed by atoms with van der Waals surface area (Å²) in [6.45, 7) is -0.469. The average Bonchev–Trinajstić information content (AvgIpc) is 2.61. The molecule has 0 saturated heterocycles. The highest BCUT2D eigenvalue weighted by molar-refractivity contribution is 6.11. The molecule has 1 unspecified atom stereocenters. The van der Waals surface area contributed by atoms with Gasteiger partial charge in [-0.15, -0.1) is 12.4 Å². The topological polar surface area (TPSA) is 83.3 Å². The van der Waals surface area contributed by atoms with Crippen LogP contribution in [-0.2, 0) is 4.79 Å². The number of halogens is 1. The van der Waals surface area contributed by atoms with Crippen LogP contribution in [0, 0.1) is 0 Å². The van der Waals surface area contributed by atoms with Crippen molar-refractivity contribution in [2.45, 2.75) is 5.92 Å². The van der Waals surface area contributed by atoms with E-state index in [1.807, 2.05) is 48.5 Å². The third kappa shape index (κ3) is 2.67. The van der Waals surface area contributed by atoms with E-state index in [1.165, 1.54) is 0 Å². The first-order chi connectivity index (χ1) is 11.7. The fourth-order valence-corrected chi connectivity index (χ4v) is 3.21. The first-order valence-electron chi connectivity index (χ1n) is 7.60. The van der Waals surface area contributed by atoms with E-state index in [2.05, 4.69) is 4.98 Å². The maximum Gasteiger partial charge on any atom is 0.313 e. The summed E-state index contributed by atoms with van der Waals surface area (Å²) in [6, 6.07) is 14.9. The molecule has 0 radical (unpaired) electrons. The fraction of sp³-hybridized carbons (Fsp3) is 0.105. The fourth-order valence-electron chi connectivity index (χ4n) is 3.21. The van der Waals surface area contributed by atoms with Gasteiger partial charge in [-0.05, 0) is 29.8 Å². The summed E-state index contributed by atoms with van der Waals surface area (Å²) in [5.41, 5.74) is 2.80. The van der Waals surface area contributed by atoms with Gasteiger partial charge in [0, 0.05) is 22.4 Å². The van der Waals surface area contributed by atoms with Gasteiger partial charge in [0.25, 0.3) is 0 Å². The number of benzene rings is 2. The highest BCUT2D eigenvalue weighted by Crippen LogP contribution is 2.34. The van der Waals surface area contributed by atoms with Crippen LogP contribution < -0.4 is 0 Å². The SMILES string of the molecule is Cl.O=C(O)C(CO)c1c2ccccc2nc2c1ccc1ncccc12. The Hall–Kier alpha value is -2.76. The average molecular weight is 355 g/mol. The Morgan fingerprint density at radius 3 is 2.48 bits per heavy atom. The molecule has 2 heterocycles. The molecule has 4 rings (SSSR count). The van der Waals surface area contributed by atoms with E-state index >= 15 is 0 Å². The molecule has 0 bridgehead atoms. The Labute approximate surface area is 149 Å². The van der Waals surface area contributed by atoms with Gasteiger partial charge in [0.15, 0.2) is 0 Å². The lowest BCUT2D eigenvalue weighted by molar-refractivity contribution is -0.139. The van der Waals surface area contributed by atoms with E-state index in [9.17, 15) is 15.0 Å². The van der Waals surface area contributed by atoms with Crippen molar-refractivity contribution >= 4 is 51.1 Å². The molecular formula is C19H15ClN2O3. The van der Waals surface area contributed by atoms with Crippen LogP contribution in [0.15, 0.2) is 54.7 Å². The van der Waals surface area contributed by atoms with Crippen molar-refractivity contribution in [3.05, 3.63) is 60.3 Å². The molecule has 5 nitrogen and oxygen atoms in total. The standard InChI is InChI=1S/C19H14N2O3.ClH/c22-10-14(19(23)24)17-11-4-1-2-6-16(11)21-18-12-5-3-9-20-15(12)8-7-13(17)18;/h1-9,14,22H,10H2,(H,23,24);1H. The monoisotopic (exact) mass is 354 g/mol. The number of aliphatic carboxylic acids is 1. The lowest BCUT2D eigenvalue weighted by Gasteiger charge is -2.16. The summed E-state index contributed by atoms with van der Waals surface area (Å²) in [5, 5.41) is 21.6. The van der Waals surface area contributed by atoms with Gasteiger partial charge in [0.2, 0.25) is 0 Å². The van der Waals surface area contributed by atoms with Crippen LogP contribution in [-0.4, -0.2) is 32.8 Å². The zero-order valence-corrected chi connectivity index (χ0v) is 13.9. The predicted molar refractivity (Wildman–Crippen MR) is 99.3 cm³/mol. The van der Waals surface area contributed by atoms with E-state index in [0.717, 1.165) is 21.7 Å². The van der Waals surface area contributed by atoms with Gasteiger partial charge >= 0.3 is 5.97 Å². The van der Waals surface area contributed by atoms with Crippen molar-refractivity contribution in [2.75, 3.05) is 6.61 Å². The lowest BCUT2D eigenvalue weighted by Crippen LogP contribution is -2.16. The Kier molecular flexibility index (Phi) is 4.53. The van der Waals surface area contributed by atoms with E-state index in [1.54, 1.807) is 6.20 Å². The second-order valence-electron chi connectivity index (χ2n) is 5.65. The molecule has 6 heteroatoms. The van der Waals surface area contributed by atoms with Gasteiger partial charge in [-0.1, -0.05) is 24.3 Å². The highest BCUT2D eigenvalue weighted by atomic mass is 35.5. The molecular weight excluding hydrogens is 340 g/mol. The zero-order valence-electron chi connectivity index (χ0n) is 13.1. The van der Waals surface area contributed by atoms with Crippen molar-refractivity contribution in [1.29, 1.82) is 0 Å². The Morgan fingerprint density at radius 1 is 0.960 bits per heavy atom. The van der Waals surface area contributed by atoms with Gasteiger partial charge in [-0.3, -0.25) is 9.78 Å². The number of rotatable bonds is 3. The number of aliphatic hydroxyl groups excluding tert-OH is 1. The summed E-state index contributed by atoms with van der Waals surface area (Å²) in [7, 11) is 0. The number of carboxylic acids is 1. The number of para-hydroxylation sites is 1. The minimum Gasteiger partial charge on any atom is -0.481 e. The van der Waals surface area contributed by atoms with Crippen LogP contribution in [0.1, 0.15) is 11.5 Å². The second-order valence-corrected chi connectivity index (χ2v) is 5.65. The van der Waals surface area contributed by atoms with Crippen LogP contribution in [0.3, 0.4) is 0 Å². The number of aliphatic hydroxyl groups is 1. The van der Waals surface area contributed by atoms with Crippen LogP contribution >= 0.6 is 12.4 Å². The third-order valence-electron chi connectivity index (χ3n) is 4.30. The first kappa shape index (κ1) is 17.1. The summed E-state index contributed by atoms with van der Waals surface area (Å²) < 4.78 is 0. The number of nitrogens with zero attached hydrogens (tertiary/aromatic N) is 2. The summed E-state index contributed by atoms with van der Waals surface area (Å²) in [4.78, 5) is 20.8. The summed E-state index contributed by atoms with van der Waals surface area (Å²) in [6.07, 6.45) is 1.71. The number of fused-ring (bicyclic) bond motifs is 4. The van der Waals surface area contributed by atoms with Crippen molar-refractivity contribution < 1.29 is 15.0 Å². The molecule has 0 amide bonds. The van der Waals surface area contributed by atoms with Crippen molar-refractivity contribution in [1.82, 2.24) is 9.97 Å². The number of hydrogen-bond acceptors (Lipinski definition) is 4. The molecule has 0 aliphatic carbocycles. The van der Waals surface area contributed by atoms with Gasteiger partial charge in [0.1, 0.15) is 5.92 Å². The van der Waals surface area contributed by atoms with Gasteiger partial charge in [0.05, 0.1) is 23.2 Å². The van der Waals surface area contributed by atoms with Crippen molar-refractivity contribution in [3.8, 4) is 0 Å². The Bertz CT molecular complexity index is 1100. The van der Waals surface area contributed by atoms with E-state index in [-0.39, 0.29) is 12.4 Å². The van der Waals surface area contributed by atoms with E-state index < -0.39 is 18.5 Å². The van der Waals surface area contributed by atoms with E-state index in [4.69, 9.17) is 4.98 Å². The molecule has 0 fully saturated rings. The lowest BCUT2D eigenvalue weighted by atomic mass is 9.91. The molecule has 25 heavy (non-hydrogen) atoms. The molecule has 0 spiro atoms. The third-order valence-corrected chi connectivity index (χ3v) is 4.30. The number of carbonyl (C=O) groups is 1. The molecule has 0 aliphatic heterocycles. The Morgan fingerprint density at radius 2 is 1.72 bits per heavy atom. The normalized spacial score (nSPS) is 12.2. The zero-order chi connectivity index (χ0) is 16.7. The second kappa shape index (κ2) is 6.63. The minimum absolute atomic E-state index is 0. The molecule has 2 N–H and O–H groups in total. The molecule has 126 valence electrons. The number of carboxylic acid groups (broad SMARTS) is 1. The van der Waals surface area contributed by atoms with E-state index in [0.29, 0.717) is 16.6 Å². The predicted octanol–water partition coefficient (Wildman–Crippen LogP) is 3.52.